The molecule has 1 aromatic rings. The van der Waals surface area contributed by atoms with E-state index in [1.165, 1.54) is 0 Å². The van der Waals surface area contributed by atoms with Crippen LogP contribution < -0.4 is 0 Å². The maximum absolute atomic E-state index is 12.0. The van der Waals surface area contributed by atoms with Crippen LogP contribution in [-0.2, 0) is 0 Å². The van der Waals surface area contributed by atoms with E-state index in [0.717, 1.165) is 10.0 Å². The first-order valence-corrected chi connectivity index (χ1v) is 5.86. The van der Waals surface area contributed by atoms with Crippen LogP contribution in [0.4, 0.5) is 13.2 Å². The average Bonchev–Trinajstić information content (AvgIpc) is 2.19. The number of hydrogen-bond acceptors (Lipinski definition) is 1. The van der Waals surface area contributed by atoms with Crippen LogP contribution in [0.1, 0.15) is 34.3 Å². The van der Waals surface area contributed by atoms with Crippen LogP contribution in [0.2, 0.25) is 0 Å². The lowest BCUT2D eigenvalue weighted by Gasteiger charge is -2.09. The largest absolute Gasteiger partial charge is 0.389 e. The van der Waals surface area contributed by atoms with Gasteiger partial charge in [0, 0.05) is 16.5 Å². The van der Waals surface area contributed by atoms with E-state index < -0.39 is 24.8 Å². The molecule has 0 unspecified atom stereocenters. The summed E-state index contributed by atoms with van der Waals surface area (Å²) < 4.78 is 36.9. The van der Waals surface area contributed by atoms with Crippen LogP contribution in [0, 0.1) is 13.8 Å². The third-order valence-corrected chi connectivity index (χ3v) is 3.30. The molecular weight excluding hydrogens is 297 g/mol. The summed E-state index contributed by atoms with van der Waals surface area (Å²) in [7, 11) is 0. The number of ketones is 1. The van der Waals surface area contributed by atoms with Crippen molar-refractivity contribution in [2.24, 2.45) is 0 Å². The molecule has 0 fully saturated rings. The molecule has 0 aliphatic rings. The summed E-state index contributed by atoms with van der Waals surface area (Å²) in [4.78, 5) is 11.7. The van der Waals surface area contributed by atoms with E-state index in [1.807, 2.05) is 0 Å². The molecule has 0 bridgehead atoms. The number of carbonyl (C=O) groups is 1. The quantitative estimate of drug-likeness (QED) is 0.746. The minimum Gasteiger partial charge on any atom is -0.294 e. The predicted molar refractivity (Wildman–Crippen MR) is 63.2 cm³/mol. The fourth-order valence-electron chi connectivity index (χ4n) is 1.47. The summed E-state index contributed by atoms with van der Waals surface area (Å²) >= 11 is 3.31. The number of halogens is 4. The number of Topliss-reactive ketones (excluding diaryl/α,β-unsaturated/α-hetero) is 1. The molecule has 0 aliphatic carbocycles. The van der Waals surface area contributed by atoms with E-state index >= 15 is 0 Å². The van der Waals surface area contributed by atoms with Gasteiger partial charge < -0.3 is 0 Å². The SMILES string of the molecule is Cc1cc(C(=O)CCC(F)(F)F)c(C)cc1Br. The smallest absolute Gasteiger partial charge is 0.294 e. The third kappa shape index (κ3) is 4.15. The lowest BCUT2D eigenvalue weighted by Crippen LogP contribution is -2.11. The Labute approximate surface area is 106 Å². The number of aryl methyl sites for hydroxylation is 2. The van der Waals surface area contributed by atoms with Crippen molar-refractivity contribution in [2.45, 2.75) is 32.9 Å². The molecule has 0 amide bonds. The lowest BCUT2D eigenvalue weighted by molar-refractivity contribution is -0.133. The van der Waals surface area contributed by atoms with E-state index in [2.05, 4.69) is 15.9 Å². The molecule has 5 heteroatoms. The first kappa shape index (κ1) is 14.2. The zero-order valence-electron chi connectivity index (χ0n) is 9.49. The van der Waals surface area contributed by atoms with E-state index in [9.17, 15) is 18.0 Å². The van der Waals surface area contributed by atoms with Gasteiger partial charge in [-0.3, -0.25) is 4.79 Å². The molecule has 1 rings (SSSR count). The zero-order valence-corrected chi connectivity index (χ0v) is 11.1. The Hall–Kier alpha value is -0.840. The number of hydrogen-bond donors (Lipinski definition) is 0. The van der Waals surface area contributed by atoms with Gasteiger partial charge in [-0.25, -0.2) is 0 Å². The third-order valence-electron chi connectivity index (χ3n) is 2.44. The molecule has 0 N–H and O–H groups in total. The standard InChI is InChI=1S/C12H12BrF3O/c1-7-6-10(13)8(2)5-9(7)11(17)3-4-12(14,15)16/h5-6H,3-4H2,1-2H3. The Morgan fingerprint density at radius 3 is 2.35 bits per heavy atom. The molecule has 0 aliphatic heterocycles. The second kappa shape index (κ2) is 5.21. The Morgan fingerprint density at radius 2 is 1.82 bits per heavy atom. The summed E-state index contributed by atoms with van der Waals surface area (Å²) in [5.74, 6) is -0.463. The monoisotopic (exact) mass is 308 g/mol. The highest BCUT2D eigenvalue weighted by atomic mass is 79.9. The molecule has 94 valence electrons. The van der Waals surface area contributed by atoms with Crippen molar-refractivity contribution in [3.8, 4) is 0 Å². The molecule has 0 saturated carbocycles. The summed E-state index contributed by atoms with van der Waals surface area (Å²) in [6.45, 7) is 3.51. The second-order valence-corrected chi connectivity index (χ2v) is 4.81. The van der Waals surface area contributed by atoms with Crippen LogP contribution in [0.15, 0.2) is 16.6 Å². The van der Waals surface area contributed by atoms with Crippen molar-refractivity contribution in [3.05, 3.63) is 33.3 Å². The van der Waals surface area contributed by atoms with Crippen LogP contribution >= 0.6 is 15.9 Å². The van der Waals surface area contributed by atoms with Gasteiger partial charge in [-0.1, -0.05) is 15.9 Å². The van der Waals surface area contributed by atoms with Crippen LogP contribution in [-0.4, -0.2) is 12.0 Å². The van der Waals surface area contributed by atoms with Gasteiger partial charge in [0.15, 0.2) is 5.78 Å². The van der Waals surface area contributed by atoms with E-state index in [1.54, 1.807) is 26.0 Å². The topological polar surface area (TPSA) is 17.1 Å². The Balaban J connectivity index is 2.86. The molecule has 17 heavy (non-hydrogen) atoms. The van der Waals surface area contributed by atoms with Crippen molar-refractivity contribution in [2.75, 3.05) is 0 Å². The van der Waals surface area contributed by atoms with E-state index in [0.29, 0.717) is 11.1 Å². The van der Waals surface area contributed by atoms with Crippen molar-refractivity contribution in [3.63, 3.8) is 0 Å². The van der Waals surface area contributed by atoms with E-state index in [4.69, 9.17) is 0 Å². The summed E-state index contributed by atoms with van der Waals surface area (Å²) in [5.41, 5.74) is 1.90. The molecule has 0 atom stereocenters. The highest BCUT2D eigenvalue weighted by molar-refractivity contribution is 9.10. The summed E-state index contributed by atoms with van der Waals surface area (Å²) in [5, 5.41) is 0. The fourth-order valence-corrected chi connectivity index (χ4v) is 1.93. The Morgan fingerprint density at radius 1 is 1.24 bits per heavy atom. The summed E-state index contributed by atoms with van der Waals surface area (Å²) in [6, 6.07) is 3.37. The fraction of sp³-hybridized carbons (Fsp3) is 0.417. The van der Waals surface area contributed by atoms with Crippen molar-refractivity contribution in [1.82, 2.24) is 0 Å². The van der Waals surface area contributed by atoms with Gasteiger partial charge in [-0.05, 0) is 37.1 Å². The molecule has 0 saturated heterocycles. The summed E-state index contributed by atoms with van der Waals surface area (Å²) in [6.07, 6.45) is -5.85. The number of alkyl halides is 3. The van der Waals surface area contributed by atoms with E-state index in [-0.39, 0.29) is 0 Å². The molecule has 1 aromatic carbocycles. The molecular formula is C12H12BrF3O. The lowest BCUT2D eigenvalue weighted by atomic mass is 9.99. The number of rotatable bonds is 3. The van der Waals surface area contributed by atoms with Crippen LogP contribution in [0.3, 0.4) is 0 Å². The first-order valence-electron chi connectivity index (χ1n) is 5.07. The minimum absolute atomic E-state index is 0.370. The van der Waals surface area contributed by atoms with Gasteiger partial charge in [0.25, 0.3) is 0 Å². The van der Waals surface area contributed by atoms with Crippen molar-refractivity contribution < 1.29 is 18.0 Å². The number of benzene rings is 1. The van der Waals surface area contributed by atoms with Gasteiger partial charge >= 0.3 is 6.18 Å². The first-order chi connectivity index (χ1) is 7.70. The Kier molecular flexibility index (Phi) is 4.36. The van der Waals surface area contributed by atoms with Gasteiger partial charge in [0.05, 0.1) is 6.42 Å². The minimum atomic E-state index is -4.28. The molecule has 0 radical (unpaired) electrons. The van der Waals surface area contributed by atoms with Gasteiger partial charge in [0.2, 0.25) is 0 Å². The second-order valence-electron chi connectivity index (χ2n) is 3.95. The highest BCUT2D eigenvalue weighted by Gasteiger charge is 2.28. The van der Waals surface area contributed by atoms with Gasteiger partial charge in [-0.15, -0.1) is 0 Å². The molecule has 0 heterocycles. The van der Waals surface area contributed by atoms with Crippen LogP contribution in [0.5, 0.6) is 0 Å². The zero-order chi connectivity index (χ0) is 13.2. The average molecular weight is 309 g/mol. The van der Waals surface area contributed by atoms with Crippen LogP contribution in [0.25, 0.3) is 0 Å². The number of carbonyl (C=O) groups excluding carboxylic acids is 1. The molecule has 1 nitrogen and oxygen atoms in total. The maximum atomic E-state index is 12.0. The van der Waals surface area contributed by atoms with Gasteiger partial charge in [-0.2, -0.15) is 13.2 Å². The van der Waals surface area contributed by atoms with Crippen molar-refractivity contribution in [1.29, 1.82) is 0 Å². The normalized spacial score (nSPS) is 11.6. The highest BCUT2D eigenvalue weighted by Crippen LogP contribution is 2.25. The molecule has 0 spiro atoms. The molecule has 0 aromatic heterocycles. The Bertz CT molecular complexity index is 438. The predicted octanol–water partition coefficient (Wildman–Crippen LogP) is 4.59. The van der Waals surface area contributed by atoms with Gasteiger partial charge in [0.1, 0.15) is 0 Å². The van der Waals surface area contributed by atoms with Crippen molar-refractivity contribution >= 4 is 21.7 Å². The maximum Gasteiger partial charge on any atom is 0.389 e.